The summed E-state index contributed by atoms with van der Waals surface area (Å²) in [5.41, 5.74) is 2.58. The zero-order valence-corrected chi connectivity index (χ0v) is 6.23. The number of aromatic nitrogens is 1. The van der Waals surface area contributed by atoms with Crippen molar-refractivity contribution >= 4 is 17.6 Å². The highest BCUT2D eigenvalue weighted by molar-refractivity contribution is 7.07. The van der Waals surface area contributed by atoms with E-state index in [2.05, 4.69) is 4.98 Å². The van der Waals surface area contributed by atoms with Gasteiger partial charge in [-0.2, -0.15) is 0 Å². The van der Waals surface area contributed by atoms with Gasteiger partial charge >= 0.3 is 0 Å². The summed E-state index contributed by atoms with van der Waals surface area (Å²) >= 11 is 1.55. The summed E-state index contributed by atoms with van der Waals surface area (Å²) in [6.07, 6.45) is 3.00. The van der Waals surface area contributed by atoms with Crippen molar-refractivity contribution in [1.82, 2.24) is 4.98 Å². The van der Waals surface area contributed by atoms with Gasteiger partial charge in [-0.05, 0) is 12.8 Å². The molecule has 0 atom stereocenters. The minimum absolute atomic E-state index is 0.167. The summed E-state index contributed by atoms with van der Waals surface area (Å²) in [4.78, 5) is 14.7. The van der Waals surface area contributed by atoms with E-state index >= 15 is 0 Å². The predicted octanol–water partition coefficient (Wildman–Crippen LogP) is 1.37. The Balaban J connectivity index is 2.35. The van der Waals surface area contributed by atoms with Gasteiger partial charge in [0.1, 0.15) is 6.29 Å². The van der Waals surface area contributed by atoms with Crippen molar-refractivity contribution in [2.75, 3.05) is 0 Å². The highest BCUT2D eigenvalue weighted by Crippen LogP contribution is 2.45. The molecule has 2 rings (SSSR count). The molecule has 1 aromatic rings. The summed E-state index contributed by atoms with van der Waals surface area (Å²) in [5.74, 6) is 0. The first-order chi connectivity index (χ1) is 4.87. The van der Waals surface area contributed by atoms with Crippen LogP contribution in [0.1, 0.15) is 18.5 Å². The van der Waals surface area contributed by atoms with Crippen LogP contribution >= 0.6 is 11.3 Å². The topological polar surface area (TPSA) is 30.0 Å². The first-order valence-electron chi connectivity index (χ1n) is 3.22. The zero-order valence-electron chi connectivity index (χ0n) is 5.41. The smallest absolute Gasteiger partial charge is 0.132 e. The summed E-state index contributed by atoms with van der Waals surface area (Å²) in [6.45, 7) is 0. The van der Waals surface area contributed by atoms with Gasteiger partial charge in [-0.3, -0.25) is 0 Å². The molecular formula is C7H7NOS. The zero-order chi connectivity index (χ0) is 7.03. The predicted molar refractivity (Wildman–Crippen MR) is 39.1 cm³/mol. The SMILES string of the molecule is O=CC1(c2cscn2)CC1. The number of carbonyl (C=O) groups excluding carboxylic acids is 1. The summed E-state index contributed by atoms with van der Waals surface area (Å²) in [6, 6.07) is 0. The van der Waals surface area contributed by atoms with Crippen LogP contribution in [0.15, 0.2) is 10.9 Å². The fourth-order valence-electron chi connectivity index (χ4n) is 1.03. The summed E-state index contributed by atoms with van der Waals surface area (Å²) in [5, 5.41) is 1.96. The van der Waals surface area contributed by atoms with Gasteiger partial charge in [0.15, 0.2) is 0 Å². The molecule has 0 saturated heterocycles. The van der Waals surface area contributed by atoms with E-state index in [0.29, 0.717) is 0 Å². The van der Waals surface area contributed by atoms with Crippen LogP contribution in [-0.4, -0.2) is 11.3 Å². The van der Waals surface area contributed by atoms with Crippen LogP contribution in [0.5, 0.6) is 0 Å². The van der Waals surface area contributed by atoms with Crippen LogP contribution in [0, 0.1) is 0 Å². The van der Waals surface area contributed by atoms with E-state index < -0.39 is 0 Å². The standard InChI is InChI=1S/C7H7NOS/c9-4-7(1-2-7)6-3-10-5-8-6/h3-5H,1-2H2. The minimum atomic E-state index is -0.167. The third-order valence-corrected chi connectivity index (χ3v) is 2.54. The Bertz CT molecular complexity index is 238. The van der Waals surface area contributed by atoms with E-state index in [-0.39, 0.29) is 5.41 Å². The van der Waals surface area contributed by atoms with Crippen LogP contribution in [0.2, 0.25) is 0 Å². The Kier molecular flexibility index (Phi) is 1.14. The number of aldehydes is 1. The number of thiazole rings is 1. The van der Waals surface area contributed by atoms with E-state index in [9.17, 15) is 4.79 Å². The second-order valence-electron chi connectivity index (χ2n) is 2.65. The normalized spacial score (nSPS) is 20.4. The van der Waals surface area contributed by atoms with Gasteiger partial charge in [-0.25, -0.2) is 4.98 Å². The molecule has 2 nitrogen and oxygen atoms in total. The maximum absolute atomic E-state index is 10.6. The molecule has 1 aromatic heterocycles. The number of nitrogens with zero attached hydrogens (tertiary/aromatic N) is 1. The Labute approximate surface area is 62.9 Å². The molecule has 10 heavy (non-hydrogen) atoms. The molecular weight excluding hydrogens is 146 g/mol. The second kappa shape index (κ2) is 1.89. The van der Waals surface area contributed by atoms with Crippen LogP contribution in [0.4, 0.5) is 0 Å². The number of hydrogen-bond donors (Lipinski definition) is 0. The van der Waals surface area contributed by atoms with Gasteiger partial charge in [-0.15, -0.1) is 11.3 Å². The molecule has 0 aliphatic heterocycles. The molecule has 1 fully saturated rings. The molecule has 1 heterocycles. The first kappa shape index (κ1) is 6.04. The molecule has 1 saturated carbocycles. The maximum Gasteiger partial charge on any atom is 0.132 e. The van der Waals surface area contributed by atoms with Crippen LogP contribution in [-0.2, 0) is 10.2 Å². The molecule has 3 heteroatoms. The van der Waals surface area contributed by atoms with Crippen molar-refractivity contribution in [3.63, 3.8) is 0 Å². The van der Waals surface area contributed by atoms with Crippen molar-refractivity contribution in [3.8, 4) is 0 Å². The molecule has 0 amide bonds. The molecule has 1 aliphatic rings. The lowest BCUT2D eigenvalue weighted by atomic mass is 10.1. The highest BCUT2D eigenvalue weighted by atomic mass is 32.1. The fourth-order valence-corrected chi connectivity index (χ4v) is 1.69. The molecule has 0 radical (unpaired) electrons. The van der Waals surface area contributed by atoms with Gasteiger partial charge in [-0.1, -0.05) is 0 Å². The Hall–Kier alpha value is -0.700. The lowest BCUT2D eigenvalue weighted by molar-refractivity contribution is -0.109. The van der Waals surface area contributed by atoms with E-state index in [1.54, 1.807) is 16.8 Å². The fraction of sp³-hybridized carbons (Fsp3) is 0.429. The average molecular weight is 153 g/mol. The molecule has 52 valence electrons. The van der Waals surface area contributed by atoms with Crippen molar-refractivity contribution in [1.29, 1.82) is 0 Å². The summed E-state index contributed by atoms with van der Waals surface area (Å²) in [7, 11) is 0. The van der Waals surface area contributed by atoms with E-state index in [1.165, 1.54) is 0 Å². The van der Waals surface area contributed by atoms with Crippen molar-refractivity contribution < 1.29 is 4.79 Å². The third kappa shape index (κ3) is 0.703. The van der Waals surface area contributed by atoms with Gasteiger partial charge in [0.05, 0.1) is 16.6 Å². The van der Waals surface area contributed by atoms with Crippen LogP contribution in [0.25, 0.3) is 0 Å². The number of rotatable bonds is 2. The largest absolute Gasteiger partial charge is 0.302 e. The van der Waals surface area contributed by atoms with E-state index in [0.717, 1.165) is 24.8 Å². The maximum atomic E-state index is 10.6. The molecule has 0 bridgehead atoms. The van der Waals surface area contributed by atoms with Gasteiger partial charge in [0.25, 0.3) is 0 Å². The molecule has 0 spiro atoms. The van der Waals surface area contributed by atoms with E-state index in [4.69, 9.17) is 0 Å². The van der Waals surface area contributed by atoms with Crippen molar-refractivity contribution in [3.05, 3.63) is 16.6 Å². The average Bonchev–Trinajstić information content (AvgIpc) is 2.58. The minimum Gasteiger partial charge on any atom is -0.302 e. The quantitative estimate of drug-likeness (QED) is 0.601. The Morgan fingerprint density at radius 2 is 2.50 bits per heavy atom. The van der Waals surface area contributed by atoms with Gasteiger partial charge in [0.2, 0.25) is 0 Å². The lowest BCUT2D eigenvalue weighted by Gasteiger charge is -1.98. The van der Waals surface area contributed by atoms with Gasteiger partial charge in [0, 0.05) is 5.38 Å². The molecule has 1 aliphatic carbocycles. The Morgan fingerprint density at radius 3 is 2.90 bits per heavy atom. The van der Waals surface area contributed by atoms with E-state index in [1.807, 2.05) is 5.38 Å². The van der Waals surface area contributed by atoms with Crippen LogP contribution < -0.4 is 0 Å². The molecule has 0 aromatic carbocycles. The molecule has 0 N–H and O–H groups in total. The first-order valence-corrected chi connectivity index (χ1v) is 4.17. The second-order valence-corrected chi connectivity index (χ2v) is 3.37. The monoisotopic (exact) mass is 153 g/mol. The van der Waals surface area contributed by atoms with Crippen molar-refractivity contribution in [2.24, 2.45) is 0 Å². The number of carbonyl (C=O) groups is 1. The molecule has 0 unspecified atom stereocenters. The van der Waals surface area contributed by atoms with Gasteiger partial charge < -0.3 is 4.79 Å². The third-order valence-electron chi connectivity index (χ3n) is 1.96. The lowest BCUT2D eigenvalue weighted by Crippen LogP contribution is -2.07. The highest BCUT2D eigenvalue weighted by Gasteiger charge is 2.45. The summed E-state index contributed by atoms with van der Waals surface area (Å²) < 4.78 is 0. The number of hydrogen-bond acceptors (Lipinski definition) is 3. The van der Waals surface area contributed by atoms with Crippen LogP contribution in [0.3, 0.4) is 0 Å². The Morgan fingerprint density at radius 1 is 1.70 bits per heavy atom. The van der Waals surface area contributed by atoms with Crippen molar-refractivity contribution in [2.45, 2.75) is 18.3 Å².